The second-order valence-electron chi connectivity index (χ2n) is 8.30. The van der Waals surface area contributed by atoms with E-state index >= 15 is 0 Å². The van der Waals surface area contributed by atoms with Crippen LogP contribution in [0.1, 0.15) is 17.5 Å². The number of benzene rings is 1. The van der Waals surface area contributed by atoms with Gasteiger partial charge in [-0.1, -0.05) is 24.3 Å². The molecule has 0 saturated carbocycles. The van der Waals surface area contributed by atoms with Crippen LogP contribution in [0.3, 0.4) is 0 Å². The van der Waals surface area contributed by atoms with Crippen LogP contribution in [-0.4, -0.2) is 92.8 Å². The number of hydrogen-bond acceptors (Lipinski definition) is 4. The Morgan fingerprint density at radius 1 is 1.03 bits per heavy atom. The molecule has 1 aromatic rings. The maximum Gasteiger partial charge on any atom is 0.401 e. The summed E-state index contributed by atoms with van der Waals surface area (Å²) in [7, 11) is 3.84. The van der Waals surface area contributed by atoms with E-state index in [-0.39, 0.29) is 30.0 Å². The van der Waals surface area contributed by atoms with Gasteiger partial charge in [0, 0.05) is 65.4 Å². The number of halogens is 4. The molecule has 0 radical (unpaired) electrons. The summed E-state index contributed by atoms with van der Waals surface area (Å²) in [6.45, 7) is 6.00. The fraction of sp³-hybridized carbons (Fsp3) is 0.667. The second-order valence-corrected chi connectivity index (χ2v) is 8.30. The van der Waals surface area contributed by atoms with Gasteiger partial charge in [0.25, 0.3) is 0 Å². The first-order valence-electron chi connectivity index (χ1n) is 10.6. The molecule has 6 nitrogen and oxygen atoms in total. The highest BCUT2D eigenvalue weighted by atomic mass is 127. The van der Waals surface area contributed by atoms with Crippen molar-refractivity contribution in [3.63, 3.8) is 0 Å². The third-order valence-corrected chi connectivity index (χ3v) is 5.72. The molecule has 31 heavy (non-hydrogen) atoms. The summed E-state index contributed by atoms with van der Waals surface area (Å²) in [5, 5.41) is 6.50. The fourth-order valence-electron chi connectivity index (χ4n) is 3.95. The Kier molecular flexibility index (Phi) is 10.3. The number of guanidine groups is 1. The first kappa shape index (κ1) is 26.1. The molecule has 2 N–H and O–H groups in total. The van der Waals surface area contributed by atoms with Crippen LogP contribution in [0, 0.1) is 0 Å². The first-order chi connectivity index (χ1) is 14.3. The smallest absolute Gasteiger partial charge is 0.352 e. The van der Waals surface area contributed by atoms with Crippen molar-refractivity contribution >= 4 is 29.9 Å². The third kappa shape index (κ3) is 9.11. The van der Waals surface area contributed by atoms with Gasteiger partial charge < -0.3 is 15.5 Å². The normalized spacial score (nSPS) is 21.7. The Balaban J connectivity index is 0.00000341. The molecule has 2 aliphatic rings. The molecule has 0 aromatic heterocycles. The second kappa shape index (κ2) is 12.2. The lowest BCUT2D eigenvalue weighted by molar-refractivity contribution is -0.143. The number of nitrogens with one attached hydrogen (secondary N) is 2. The molecule has 0 aliphatic carbocycles. The van der Waals surface area contributed by atoms with Crippen LogP contribution < -0.4 is 10.6 Å². The molecular formula is C21H34F3IN6. The number of rotatable bonds is 6. The molecule has 2 saturated heterocycles. The molecule has 2 heterocycles. The minimum atomic E-state index is -4.15. The van der Waals surface area contributed by atoms with Gasteiger partial charge in [-0.25, -0.2) is 0 Å². The van der Waals surface area contributed by atoms with E-state index in [2.05, 4.69) is 56.7 Å². The monoisotopic (exact) mass is 554 g/mol. The van der Waals surface area contributed by atoms with E-state index in [0.717, 1.165) is 38.3 Å². The van der Waals surface area contributed by atoms with Gasteiger partial charge in [0.05, 0.1) is 6.54 Å². The predicted molar refractivity (Wildman–Crippen MR) is 129 cm³/mol. The molecule has 0 amide bonds. The lowest BCUT2D eigenvalue weighted by Gasteiger charge is -2.32. The number of nitrogens with zero attached hydrogens (tertiary/aromatic N) is 4. The van der Waals surface area contributed by atoms with Gasteiger partial charge in [-0.05, 0) is 24.6 Å². The van der Waals surface area contributed by atoms with Crippen molar-refractivity contribution in [1.82, 2.24) is 25.3 Å². The van der Waals surface area contributed by atoms with Crippen LogP contribution in [-0.2, 0) is 13.1 Å². The van der Waals surface area contributed by atoms with Crippen LogP contribution in [0.25, 0.3) is 0 Å². The molecule has 2 fully saturated rings. The molecule has 0 bridgehead atoms. The Hall–Kier alpha value is -1.11. The molecule has 0 spiro atoms. The van der Waals surface area contributed by atoms with E-state index in [4.69, 9.17) is 0 Å². The molecule has 10 heteroatoms. The summed E-state index contributed by atoms with van der Waals surface area (Å²) in [5.41, 5.74) is 2.45. The summed E-state index contributed by atoms with van der Waals surface area (Å²) in [4.78, 5) is 10.5. The average molecular weight is 554 g/mol. The summed E-state index contributed by atoms with van der Waals surface area (Å²) >= 11 is 0. The zero-order chi connectivity index (χ0) is 21.6. The van der Waals surface area contributed by atoms with Crippen molar-refractivity contribution in [1.29, 1.82) is 0 Å². The van der Waals surface area contributed by atoms with Gasteiger partial charge in [0.2, 0.25) is 0 Å². The Morgan fingerprint density at radius 3 is 2.29 bits per heavy atom. The third-order valence-electron chi connectivity index (χ3n) is 5.72. The largest absolute Gasteiger partial charge is 0.401 e. The quantitative estimate of drug-likeness (QED) is 0.322. The van der Waals surface area contributed by atoms with Gasteiger partial charge in [-0.15, -0.1) is 24.0 Å². The minimum Gasteiger partial charge on any atom is -0.352 e. The molecule has 1 aromatic carbocycles. The fourth-order valence-corrected chi connectivity index (χ4v) is 3.95. The van der Waals surface area contributed by atoms with Crippen LogP contribution >= 0.6 is 24.0 Å². The Bertz CT molecular complexity index is 689. The standard InChI is InChI=1S/C21H33F3N6.HI/c1-25-20(27-19-7-8-30(15-19)16-21(22,23)24)26-13-17-3-5-18(6-4-17)14-29-11-9-28(2)10-12-29;/h3-6,19H,7-16H2,1-2H3,(H2,25,26,27);1H. The average Bonchev–Trinajstić information content (AvgIpc) is 3.13. The van der Waals surface area contributed by atoms with Crippen molar-refractivity contribution < 1.29 is 13.2 Å². The van der Waals surface area contributed by atoms with Crippen LogP contribution in [0.4, 0.5) is 13.2 Å². The number of likely N-dealkylation sites (tertiary alicyclic amines) is 1. The Morgan fingerprint density at radius 2 is 1.68 bits per heavy atom. The van der Waals surface area contributed by atoms with Crippen molar-refractivity contribution in [2.75, 3.05) is 59.9 Å². The minimum absolute atomic E-state index is 0. The SMILES string of the molecule is CN=C(NCc1ccc(CN2CCN(C)CC2)cc1)NC1CCN(CC(F)(F)F)C1.I. The summed E-state index contributed by atoms with van der Waals surface area (Å²) in [6, 6.07) is 8.54. The lowest BCUT2D eigenvalue weighted by Crippen LogP contribution is -2.44. The summed E-state index contributed by atoms with van der Waals surface area (Å²) < 4.78 is 37.6. The first-order valence-corrected chi connectivity index (χ1v) is 10.6. The molecule has 1 unspecified atom stereocenters. The molecule has 1 atom stereocenters. The highest BCUT2D eigenvalue weighted by molar-refractivity contribution is 14.0. The van der Waals surface area contributed by atoms with Crippen LogP contribution in [0.5, 0.6) is 0 Å². The summed E-state index contributed by atoms with van der Waals surface area (Å²) in [5.74, 6) is 0.621. The van der Waals surface area contributed by atoms with Crippen molar-refractivity contribution in [3.8, 4) is 0 Å². The van der Waals surface area contributed by atoms with Crippen molar-refractivity contribution in [2.45, 2.75) is 31.7 Å². The predicted octanol–water partition coefficient (Wildman–Crippen LogP) is 2.35. The number of hydrogen-bond donors (Lipinski definition) is 2. The van der Waals surface area contributed by atoms with Crippen molar-refractivity contribution in [2.24, 2.45) is 4.99 Å². The van der Waals surface area contributed by atoms with Gasteiger partial charge in [0.15, 0.2) is 5.96 Å². The maximum absolute atomic E-state index is 12.5. The highest BCUT2D eigenvalue weighted by Gasteiger charge is 2.34. The molecule has 176 valence electrons. The zero-order valence-electron chi connectivity index (χ0n) is 18.3. The Labute approximate surface area is 200 Å². The van der Waals surface area contributed by atoms with Gasteiger partial charge in [-0.3, -0.25) is 14.8 Å². The number of alkyl halides is 3. The number of likely N-dealkylation sites (N-methyl/N-ethyl adjacent to an activating group) is 1. The maximum atomic E-state index is 12.5. The zero-order valence-corrected chi connectivity index (χ0v) is 20.6. The van der Waals surface area contributed by atoms with Crippen molar-refractivity contribution in [3.05, 3.63) is 35.4 Å². The van der Waals surface area contributed by atoms with E-state index in [9.17, 15) is 13.2 Å². The van der Waals surface area contributed by atoms with E-state index in [1.807, 2.05) is 0 Å². The van der Waals surface area contributed by atoms with E-state index in [0.29, 0.717) is 32.0 Å². The van der Waals surface area contributed by atoms with E-state index in [1.54, 1.807) is 7.05 Å². The lowest BCUT2D eigenvalue weighted by atomic mass is 10.1. The topological polar surface area (TPSA) is 46.1 Å². The number of piperazine rings is 1. The summed E-state index contributed by atoms with van der Waals surface area (Å²) in [6.07, 6.45) is -3.47. The van der Waals surface area contributed by atoms with Crippen LogP contribution in [0.2, 0.25) is 0 Å². The molecule has 3 rings (SSSR count). The van der Waals surface area contributed by atoms with Gasteiger partial charge >= 0.3 is 6.18 Å². The van der Waals surface area contributed by atoms with E-state index in [1.165, 1.54) is 10.5 Å². The van der Waals surface area contributed by atoms with Gasteiger partial charge in [-0.2, -0.15) is 13.2 Å². The van der Waals surface area contributed by atoms with E-state index < -0.39 is 12.7 Å². The highest BCUT2D eigenvalue weighted by Crippen LogP contribution is 2.20. The van der Waals surface area contributed by atoms with Crippen LogP contribution in [0.15, 0.2) is 29.3 Å². The molecule has 2 aliphatic heterocycles. The number of aliphatic imine (C=N–C) groups is 1. The molecular weight excluding hydrogens is 520 g/mol. The van der Waals surface area contributed by atoms with Gasteiger partial charge in [0.1, 0.15) is 0 Å².